The van der Waals surface area contributed by atoms with Crippen molar-refractivity contribution >= 4 is 34.0 Å². The van der Waals surface area contributed by atoms with Crippen LogP contribution < -0.4 is 10.2 Å². The van der Waals surface area contributed by atoms with Crippen LogP contribution in [-0.4, -0.2) is 52.7 Å². The Morgan fingerprint density at radius 3 is 2.23 bits per heavy atom. The minimum absolute atomic E-state index is 0.0979. The molecule has 7 nitrogen and oxygen atoms in total. The standard InChI is InChI=1S/C27H26FN5O2/c1-18-15-26(33(30-18)25-17-21-6-4-3-5-20(21)16-24(25)28)27(35)29-22-7-9-23(10-8-22)32-13-11-31(12-14-32)19(2)34/h3-10,15-17H,11-14H2,1-2H3,(H,29,35). The van der Waals surface area contributed by atoms with E-state index in [1.807, 2.05) is 53.4 Å². The average molecular weight is 472 g/mol. The fraction of sp³-hybridized carbons (Fsp3) is 0.222. The van der Waals surface area contributed by atoms with Gasteiger partial charge in [0.1, 0.15) is 17.2 Å². The first-order valence-corrected chi connectivity index (χ1v) is 11.6. The van der Waals surface area contributed by atoms with Crippen LogP contribution in [0, 0.1) is 12.7 Å². The Morgan fingerprint density at radius 2 is 1.57 bits per heavy atom. The number of halogens is 1. The molecule has 1 N–H and O–H groups in total. The molecular formula is C27H26FN5O2. The van der Waals surface area contributed by atoms with Crippen molar-refractivity contribution < 1.29 is 14.0 Å². The van der Waals surface area contributed by atoms with Gasteiger partial charge in [0.05, 0.1) is 5.69 Å². The van der Waals surface area contributed by atoms with Gasteiger partial charge in [-0.1, -0.05) is 24.3 Å². The third-order valence-electron chi connectivity index (χ3n) is 6.32. The number of benzene rings is 3. The summed E-state index contributed by atoms with van der Waals surface area (Å²) in [5.74, 6) is -0.725. The minimum Gasteiger partial charge on any atom is -0.368 e. The van der Waals surface area contributed by atoms with Gasteiger partial charge in [-0.05, 0) is 60.2 Å². The van der Waals surface area contributed by atoms with Gasteiger partial charge in [0.15, 0.2) is 0 Å². The van der Waals surface area contributed by atoms with E-state index >= 15 is 0 Å². The molecule has 0 unspecified atom stereocenters. The SMILES string of the molecule is CC(=O)N1CCN(c2ccc(NC(=O)c3cc(C)nn3-c3cc4ccccc4cc3F)cc2)CC1. The van der Waals surface area contributed by atoms with Crippen molar-refractivity contribution in [2.45, 2.75) is 13.8 Å². The summed E-state index contributed by atoms with van der Waals surface area (Å²) in [6.45, 7) is 6.29. The fourth-order valence-corrected chi connectivity index (χ4v) is 4.44. The van der Waals surface area contributed by atoms with Gasteiger partial charge in [-0.25, -0.2) is 9.07 Å². The zero-order valence-electron chi connectivity index (χ0n) is 19.7. The van der Waals surface area contributed by atoms with Gasteiger partial charge in [0, 0.05) is 44.5 Å². The molecule has 3 aromatic carbocycles. The van der Waals surface area contributed by atoms with Crippen LogP contribution in [0.15, 0.2) is 66.7 Å². The second-order valence-corrected chi connectivity index (χ2v) is 8.73. The lowest BCUT2D eigenvalue weighted by molar-refractivity contribution is -0.129. The van der Waals surface area contributed by atoms with Crippen molar-refractivity contribution in [3.63, 3.8) is 0 Å². The Bertz CT molecular complexity index is 1410. The predicted octanol–water partition coefficient (Wildman–Crippen LogP) is 4.39. The molecule has 0 bridgehead atoms. The summed E-state index contributed by atoms with van der Waals surface area (Å²) in [5, 5.41) is 8.93. The van der Waals surface area contributed by atoms with Crippen LogP contribution in [0.2, 0.25) is 0 Å². The van der Waals surface area contributed by atoms with E-state index in [-0.39, 0.29) is 23.2 Å². The van der Waals surface area contributed by atoms with Crippen molar-refractivity contribution in [1.29, 1.82) is 0 Å². The third-order valence-corrected chi connectivity index (χ3v) is 6.32. The molecular weight excluding hydrogens is 445 g/mol. The first kappa shape index (κ1) is 22.6. The van der Waals surface area contributed by atoms with Crippen molar-refractivity contribution in [3.05, 3.63) is 83.9 Å². The van der Waals surface area contributed by atoms with E-state index in [0.29, 0.717) is 24.5 Å². The molecule has 178 valence electrons. The van der Waals surface area contributed by atoms with E-state index in [0.717, 1.165) is 29.5 Å². The van der Waals surface area contributed by atoms with Gasteiger partial charge in [-0.3, -0.25) is 9.59 Å². The highest BCUT2D eigenvalue weighted by atomic mass is 19.1. The number of anilines is 2. The monoisotopic (exact) mass is 471 g/mol. The molecule has 0 atom stereocenters. The van der Waals surface area contributed by atoms with Crippen LogP contribution >= 0.6 is 0 Å². The molecule has 1 aliphatic heterocycles. The summed E-state index contributed by atoms with van der Waals surface area (Å²) in [6.07, 6.45) is 0. The van der Waals surface area contributed by atoms with Gasteiger partial charge in [-0.15, -0.1) is 0 Å². The summed E-state index contributed by atoms with van der Waals surface area (Å²) in [4.78, 5) is 28.7. The summed E-state index contributed by atoms with van der Waals surface area (Å²) in [7, 11) is 0. The molecule has 0 aliphatic carbocycles. The number of aromatic nitrogens is 2. The van der Waals surface area contributed by atoms with E-state index in [1.165, 1.54) is 10.7 Å². The number of hydrogen-bond acceptors (Lipinski definition) is 4. The molecule has 1 aromatic heterocycles. The lowest BCUT2D eigenvalue weighted by atomic mass is 10.1. The number of carbonyl (C=O) groups excluding carboxylic acids is 2. The fourth-order valence-electron chi connectivity index (χ4n) is 4.44. The molecule has 35 heavy (non-hydrogen) atoms. The number of amides is 2. The topological polar surface area (TPSA) is 70.5 Å². The van der Waals surface area contributed by atoms with E-state index in [9.17, 15) is 14.0 Å². The Hall–Kier alpha value is -4.20. The summed E-state index contributed by atoms with van der Waals surface area (Å²) >= 11 is 0. The zero-order valence-corrected chi connectivity index (χ0v) is 19.7. The number of piperazine rings is 1. The smallest absolute Gasteiger partial charge is 0.274 e. The molecule has 0 spiro atoms. The molecule has 4 aromatic rings. The highest BCUT2D eigenvalue weighted by Gasteiger charge is 2.20. The molecule has 1 aliphatic rings. The van der Waals surface area contributed by atoms with Gasteiger partial charge in [-0.2, -0.15) is 5.10 Å². The van der Waals surface area contributed by atoms with E-state index in [1.54, 1.807) is 26.0 Å². The molecule has 1 fully saturated rings. The molecule has 1 saturated heterocycles. The van der Waals surface area contributed by atoms with E-state index in [2.05, 4.69) is 15.3 Å². The molecule has 2 amide bonds. The minimum atomic E-state index is -0.449. The largest absolute Gasteiger partial charge is 0.368 e. The van der Waals surface area contributed by atoms with Crippen LogP contribution in [0.3, 0.4) is 0 Å². The number of aryl methyl sites for hydroxylation is 1. The molecule has 0 saturated carbocycles. The number of nitrogens with zero attached hydrogens (tertiary/aromatic N) is 4. The molecule has 5 rings (SSSR count). The van der Waals surface area contributed by atoms with Crippen molar-refractivity contribution in [2.75, 3.05) is 36.4 Å². The number of nitrogens with one attached hydrogen (secondary N) is 1. The highest BCUT2D eigenvalue weighted by Crippen LogP contribution is 2.25. The van der Waals surface area contributed by atoms with E-state index in [4.69, 9.17) is 0 Å². The Labute approximate surface area is 202 Å². The van der Waals surface area contributed by atoms with E-state index < -0.39 is 5.82 Å². The van der Waals surface area contributed by atoms with Crippen LogP contribution in [0.4, 0.5) is 15.8 Å². The third kappa shape index (κ3) is 4.59. The zero-order chi connectivity index (χ0) is 24.5. The quantitative estimate of drug-likeness (QED) is 0.479. The van der Waals surface area contributed by atoms with Crippen LogP contribution in [0.25, 0.3) is 16.5 Å². The van der Waals surface area contributed by atoms with Crippen LogP contribution in [0.1, 0.15) is 23.1 Å². The first-order chi connectivity index (χ1) is 16.9. The number of carbonyl (C=O) groups is 2. The summed E-state index contributed by atoms with van der Waals surface area (Å²) in [6, 6.07) is 19.9. The van der Waals surface area contributed by atoms with Gasteiger partial charge < -0.3 is 15.1 Å². The molecule has 0 radical (unpaired) electrons. The van der Waals surface area contributed by atoms with Crippen molar-refractivity contribution in [2.24, 2.45) is 0 Å². The second kappa shape index (κ2) is 9.21. The van der Waals surface area contributed by atoms with Crippen LogP contribution in [0.5, 0.6) is 0 Å². The summed E-state index contributed by atoms with van der Waals surface area (Å²) < 4.78 is 16.3. The lowest BCUT2D eigenvalue weighted by Gasteiger charge is -2.35. The van der Waals surface area contributed by atoms with Crippen molar-refractivity contribution in [1.82, 2.24) is 14.7 Å². The molecule has 2 heterocycles. The maximum Gasteiger partial charge on any atom is 0.274 e. The maximum atomic E-state index is 15.0. The first-order valence-electron chi connectivity index (χ1n) is 11.6. The number of fused-ring (bicyclic) bond motifs is 1. The predicted molar refractivity (Wildman–Crippen MR) is 135 cm³/mol. The average Bonchev–Trinajstić information content (AvgIpc) is 3.25. The number of hydrogen-bond donors (Lipinski definition) is 1. The second-order valence-electron chi connectivity index (χ2n) is 8.73. The van der Waals surface area contributed by atoms with Gasteiger partial charge in [0.2, 0.25) is 5.91 Å². The Morgan fingerprint density at radius 1 is 0.914 bits per heavy atom. The number of rotatable bonds is 4. The molecule has 8 heteroatoms. The van der Waals surface area contributed by atoms with Gasteiger partial charge in [0.25, 0.3) is 5.91 Å². The Kier molecular flexibility index (Phi) is 5.94. The Balaban J connectivity index is 1.34. The highest BCUT2D eigenvalue weighted by molar-refractivity contribution is 6.03. The van der Waals surface area contributed by atoms with Crippen LogP contribution in [-0.2, 0) is 4.79 Å². The lowest BCUT2D eigenvalue weighted by Crippen LogP contribution is -2.48. The van der Waals surface area contributed by atoms with Gasteiger partial charge >= 0.3 is 0 Å². The van der Waals surface area contributed by atoms with Crippen molar-refractivity contribution in [3.8, 4) is 5.69 Å². The maximum absolute atomic E-state index is 15.0. The normalized spacial score (nSPS) is 13.8. The summed E-state index contributed by atoms with van der Waals surface area (Å²) in [5.41, 5.74) is 2.75.